The number of sulfonamides is 1. The molecular formula is C12H13F2NO5S. The van der Waals surface area contributed by atoms with Gasteiger partial charge in [-0.15, -0.1) is 0 Å². The number of aliphatic hydroxyl groups excluding tert-OH is 1. The number of hydrogen-bond acceptors (Lipinski definition) is 4. The predicted molar refractivity (Wildman–Crippen MR) is 67.3 cm³/mol. The topological polar surface area (TPSA) is 94.9 Å². The summed E-state index contributed by atoms with van der Waals surface area (Å²) in [5, 5.41) is 18.3. The third-order valence-corrected chi connectivity index (χ3v) is 5.08. The van der Waals surface area contributed by atoms with Crippen molar-refractivity contribution in [1.82, 2.24) is 4.31 Å². The Morgan fingerprint density at radius 3 is 2.57 bits per heavy atom. The number of halogens is 2. The van der Waals surface area contributed by atoms with E-state index < -0.39 is 44.2 Å². The Morgan fingerprint density at radius 1 is 1.33 bits per heavy atom. The van der Waals surface area contributed by atoms with Crippen molar-refractivity contribution in [3.63, 3.8) is 0 Å². The smallest absolute Gasteiger partial charge is 0.335 e. The van der Waals surface area contributed by atoms with Gasteiger partial charge in [0, 0.05) is 13.1 Å². The molecule has 1 aromatic carbocycles. The van der Waals surface area contributed by atoms with Gasteiger partial charge in [-0.25, -0.2) is 22.0 Å². The van der Waals surface area contributed by atoms with Gasteiger partial charge in [0.1, 0.15) is 4.90 Å². The summed E-state index contributed by atoms with van der Waals surface area (Å²) in [4.78, 5) is 9.80. The van der Waals surface area contributed by atoms with Crippen LogP contribution < -0.4 is 0 Å². The zero-order valence-electron chi connectivity index (χ0n) is 10.8. The van der Waals surface area contributed by atoms with Crippen molar-refractivity contribution >= 4 is 16.0 Å². The number of aromatic carboxylic acids is 1. The fraction of sp³-hybridized carbons (Fsp3) is 0.417. The standard InChI is InChI=1S/C12H13F2NO5S/c13-9-4-7(12(17)18)5-10(11(9)14)21(19,20)15-3-1-2-8(16)6-15/h4-5,8,16H,1-3,6H2,(H,17,18)/t8-/m0/s1. The van der Waals surface area contributed by atoms with Gasteiger partial charge in [-0.1, -0.05) is 0 Å². The van der Waals surface area contributed by atoms with Crippen LogP contribution in [0.3, 0.4) is 0 Å². The van der Waals surface area contributed by atoms with E-state index in [4.69, 9.17) is 5.11 Å². The number of piperidine rings is 1. The van der Waals surface area contributed by atoms with Crippen LogP contribution in [0.25, 0.3) is 0 Å². The van der Waals surface area contributed by atoms with Crippen molar-refractivity contribution in [3.05, 3.63) is 29.3 Å². The van der Waals surface area contributed by atoms with Crippen LogP contribution in [0.4, 0.5) is 8.78 Å². The number of hydrogen-bond donors (Lipinski definition) is 2. The third kappa shape index (κ3) is 3.04. The van der Waals surface area contributed by atoms with Gasteiger partial charge in [0.2, 0.25) is 10.0 Å². The van der Waals surface area contributed by atoms with Crippen LogP contribution in [0.1, 0.15) is 23.2 Å². The van der Waals surface area contributed by atoms with Crippen molar-refractivity contribution in [2.45, 2.75) is 23.8 Å². The lowest BCUT2D eigenvalue weighted by Crippen LogP contribution is -2.42. The second-order valence-electron chi connectivity index (χ2n) is 4.73. The van der Waals surface area contributed by atoms with E-state index in [1.54, 1.807) is 0 Å². The Hall–Kier alpha value is -1.58. The molecule has 0 spiro atoms. The lowest BCUT2D eigenvalue weighted by atomic mass is 10.1. The van der Waals surface area contributed by atoms with Crippen molar-refractivity contribution in [3.8, 4) is 0 Å². The summed E-state index contributed by atoms with van der Waals surface area (Å²) in [5.74, 6) is -4.74. The zero-order valence-corrected chi connectivity index (χ0v) is 11.6. The lowest BCUT2D eigenvalue weighted by Gasteiger charge is -2.29. The number of benzene rings is 1. The fourth-order valence-corrected chi connectivity index (χ4v) is 3.77. The first kappa shape index (κ1) is 15.8. The second kappa shape index (κ2) is 5.66. The van der Waals surface area contributed by atoms with Gasteiger partial charge in [0.05, 0.1) is 11.7 Å². The summed E-state index contributed by atoms with van der Waals surface area (Å²) in [5.41, 5.74) is -0.662. The highest BCUT2D eigenvalue weighted by Crippen LogP contribution is 2.25. The van der Waals surface area contributed by atoms with Gasteiger partial charge in [-0.3, -0.25) is 0 Å². The summed E-state index contributed by atoms with van der Waals surface area (Å²) in [6.45, 7) is -0.182. The monoisotopic (exact) mass is 321 g/mol. The summed E-state index contributed by atoms with van der Waals surface area (Å²) in [6.07, 6.45) is -0.0923. The van der Waals surface area contributed by atoms with Gasteiger partial charge in [0.25, 0.3) is 0 Å². The van der Waals surface area contributed by atoms with E-state index in [9.17, 15) is 27.1 Å². The zero-order chi connectivity index (χ0) is 15.8. The molecule has 9 heteroatoms. The summed E-state index contributed by atoms with van der Waals surface area (Å²) in [6, 6.07) is 0.999. The molecule has 1 aliphatic heterocycles. The molecule has 21 heavy (non-hydrogen) atoms. The van der Waals surface area contributed by atoms with Crippen molar-refractivity contribution in [2.24, 2.45) is 0 Å². The maximum absolute atomic E-state index is 13.8. The fourth-order valence-electron chi connectivity index (χ4n) is 2.15. The van der Waals surface area contributed by atoms with E-state index in [1.807, 2.05) is 0 Å². The SMILES string of the molecule is O=C(O)c1cc(F)c(F)c(S(=O)(=O)N2CCC[C@H](O)C2)c1. The van der Waals surface area contributed by atoms with Crippen LogP contribution in [-0.4, -0.2) is 48.1 Å². The van der Waals surface area contributed by atoms with Crippen molar-refractivity contribution in [1.29, 1.82) is 0 Å². The van der Waals surface area contributed by atoms with Crippen LogP contribution in [0.15, 0.2) is 17.0 Å². The molecule has 116 valence electrons. The molecule has 1 atom stereocenters. The van der Waals surface area contributed by atoms with Gasteiger partial charge in [-0.05, 0) is 25.0 Å². The molecule has 1 heterocycles. The quantitative estimate of drug-likeness (QED) is 0.859. The van der Waals surface area contributed by atoms with Gasteiger partial charge < -0.3 is 10.2 Å². The molecule has 0 amide bonds. The van der Waals surface area contributed by atoms with Gasteiger partial charge in [-0.2, -0.15) is 4.31 Å². The van der Waals surface area contributed by atoms with E-state index in [-0.39, 0.29) is 13.1 Å². The van der Waals surface area contributed by atoms with Crippen LogP contribution in [0.2, 0.25) is 0 Å². The van der Waals surface area contributed by atoms with E-state index >= 15 is 0 Å². The minimum atomic E-state index is -4.41. The Bertz CT molecular complexity index is 676. The molecular weight excluding hydrogens is 308 g/mol. The largest absolute Gasteiger partial charge is 0.478 e. The van der Waals surface area contributed by atoms with Crippen molar-refractivity contribution in [2.75, 3.05) is 13.1 Å². The Labute approximate surface area is 119 Å². The third-order valence-electron chi connectivity index (χ3n) is 3.22. The maximum atomic E-state index is 13.8. The molecule has 1 fully saturated rings. The number of nitrogens with zero attached hydrogens (tertiary/aromatic N) is 1. The number of β-amino-alcohol motifs (C(OH)–C–C–N with tert-alkyl or cyclic N) is 1. The van der Waals surface area contributed by atoms with E-state index in [0.29, 0.717) is 25.0 Å². The predicted octanol–water partition coefficient (Wildman–Crippen LogP) is 0.808. The first-order valence-corrected chi connectivity index (χ1v) is 7.58. The molecule has 2 N–H and O–H groups in total. The molecule has 0 saturated carbocycles. The average molecular weight is 321 g/mol. The summed E-state index contributed by atoms with van der Waals surface area (Å²) >= 11 is 0. The molecule has 0 aliphatic carbocycles. The van der Waals surface area contributed by atoms with Gasteiger partial charge >= 0.3 is 5.97 Å². The lowest BCUT2D eigenvalue weighted by molar-refractivity contribution is 0.0695. The molecule has 1 aromatic rings. The van der Waals surface area contributed by atoms with E-state index in [2.05, 4.69) is 0 Å². The van der Waals surface area contributed by atoms with E-state index in [0.717, 1.165) is 4.31 Å². The minimum absolute atomic E-state index is 0.0533. The first-order valence-electron chi connectivity index (χ1n) is 6.14. The van der Waals surface area contributed by atoms with Crippen LogP contribution in [0, 0.1) is 11.6 Å². The Kier molecular flexibility index (Phi) is 4.26. The molecule has 1 aliphatic rings. The highest BCUT2D eigenvalue weighted by Gasteiger charge is 2.33. The second-order valence-corrected chi connectivity index (χ2v) is 6.64. The highest BCUT2D eigenvalue weighted by atomic mass is 32.2. The highest BCUT2D eigenvalue weighted by molar-refractivity contribution is 7.89. The number of carboxylic acid groups (broad SMARTS) is 1. The molecule has 2 rings (SSSR count). The first-order chi connectivity index (χ1) is 9.73. The molecule has 6 nitrogen and oxygen atoms in total. The maximum Gasteiger partial charge on any atom is 0.335 e. The van der Waals surface area contributed by atoms with Crippen LogP contribution in [0.5, 0.6) is 0 Å². The average Bonchev–Trinajstić information content (AvgIpc) is 2.41. The normalized spacial score (nSPS) is 20.4. The van der Waals surface area contributed by atoms with Crippen molar-refractivity contribution < 1.29 is 32.2 Å². The van der Waals surface area contributed by atoms with E-state index in [1.165, 1.54) is 0 Å². The Balaban J connectivity index is 2.51. The number of carbonyl (C=O) groups is 1. The molecule has 0 aromatic heterocycles. The summed E-state index contributed by atoms with van der Waals surface area (Å²) < 4.78 is 52.6. The molecule has 0 bridgehead atoms. The van der Waals surface area contributed by atoms with Gasteiger partial charge in [0.15, 0.2) is 11.6 Å². The molecule has 0 unspecified atom stereocenters. The van der Waals surface area contributed by atoms with Crippen LogP contribution >= 0.6 is 0 Å². The molecule has 0 radical (unpaired) electrons. The minimum Gasteiger partial charge on any atom is -0.478 e. The summed E-state index contributed by atoms with van der Waals surface area (Å²) in [7, 11) is -4.41. The molecule has 1 saturated heterocycles. The number of rotatable bonds is 3. The number of aliphatic hydroxyl groups is 1. The van der Waals surface area contributed by atoms with Crippen LogP contribution in [-0.2, 0) is 10.0 Å². The number of carboxylic acids is 1. The Morgan fingerprint density at radius 2 is 2.00 bits per heavy atom.